The minimum atomic E-state index is -0.330. The Labute approximate surface area is 140 Å². The van der Waals surface area contributed by atoms with Gasteiger partial charge in [0.05, 0.1) is 6.61 Å². The van der Waals surface area contributed by atoms with Crippen molar-refractivity contribution in [3.05, 3.63) is 41.4 Å². The molecule has 1 aromatic heterocycles. The van der Waals surface area contributed by atoms with E-state index in [0.717, 1.165) is 13.0 Å². The number of halogens is 1. The third kappa shape index (κ3) is 3.33. The van der Waals surface area contributed by atoms with Gasteiger partial charge in [0.1, 0.15) is 22.8 Å². The summed E-state index contributed by atoms with van der Waals surface area (Å²) < 4.78 is 23.8. The number of rotatable bonds is 5. The van der Waals surface area contributed by atoms with Crippen LogP contribution >= 0.6 is 0 Å². The Bertz CT molecular complexity index is 706. The van der Waals surface area contributed by atoms with Gasteiger partial charge in [-0.1, -0.05) is 5.16 Å². The van der Waals surface area contributed by atoms with Gasteiger partial charge in [-0.15, -0.1) is 0 Å². The van der Waals surface area contributed by atoms with Gasteiger partial charge in [0.2, 0.25) is 0 Å². The Balaban J connectivity index is 1.88. The molecule has 6 heteroatoms. The SMILES string of the molecule is CCN(C[C@H]1CCOC1)C(=O)c1c(-c2ccc(F)cc2)noc1C. The summed E-state index contributed by atoms with van der Waals surface area (Å²) >= 11 is 0. The first kappa shape index (κ1) is 16.6. The molecular formula is C18H21FN2O3. The van der Waals surface area contributed by atoms with Crippen molar-refractivity contribution in [3.63, 3.8) is 0 Å². The summed E-state index contributed by atoms with van der Waals surface area (Å²) in [4.78, 5) is 14.8. The second-order valence-corrected chi connectivity index (χ2v) is 6.04. The van der Waals surface area contributed by atoms with Gasteiger partial charge in [0, 0.05) is 31.2 Å². The summed E-state index contributed by atoms with van der Waals surface area (Å²) in [5.41, 5.74) is 1.57. The average Bonchev–Trinajstić information content (AvgIpc) is 3.22. The normalized spacial score (nSPS) is 17.2. The minimum Gasteiger partial charge on any atom is -0.381 e. The monoisotopic (exact) mass is 332 g/mol. The average molecular weight is 332 g/mol. The second-order valence-electron chi connectivity index (χ2n) is 6.04. The summed E-state index contributed by atoms with van der Waals surface area (Å²) in [6.07, 6.45) is 0.969. The molecule has 1 saturated heterocycles. The van der Waals surface area contributed by atoms with Crippen LogP contribution in [0.1, 0.15) is 29.5 Å². The van der Waals surface area contributed by atoms with E-state index >= 15 is 0 Å². The molecule has 1 aliphatic rings. The number of carbonyl (C=O) groups excluding carboxylic acids is 1. The van der Waals surface area contributed by atoms with Crippen LogP contribution in [0.25, 0.3) is 11.3 Å². The smallest absolute Gasteiger partial charge is 0.259 e. The number of carbonyl (C=O) groups is 1. The van der Waals surface area contributed by atoms with E-state index in [2.05, 4.69) is 5.16 Å². The summed E-state index contributed by atoms with van der Waals surface area (Å²) in [6, 6.07) is 5.90. The molecule has 2 heterocycles. The van der Waals surface area contributed by atoms with Gasteiger partial charge in [-0.2, -0.15) is 0 Å². The second kappa shape index (κ2) is 7.13. The molecule has 0 aliphatic carbocycles. The number of amides is 1. The van der Waals surface area contributed by atoms with Gasteiger partial charge >= 0.3 is 0 Å². The van der Waals surface area contributed by atoms with Gasteiger partial charge in [-0.3, -0.25) is 4.79 Å². The number of hydrogen-bond donors (Lipinski definition) is 0. The maximum Gasteiger partial charge on any atom is 0.259 e. The molecule has 2 aromatic rings. The number of nitrogens with zero attached hydrogens (tertiary/aromatic N) is 2. The molecule has 1 aromatic carbocycles. The standard InChI is InChI=1S/C18H21FN2O3/c1-3-21(10-13-8-9-23-11-13)18(22)16-12(2)24-20-17(16)14-4-6-15(19)7-5-14/h4-7,13H,3,8-11H2,1-2H3/t13-/m1/s1. The molecule has 0 radical (unpaired) electrons. The predicted molar refractivity (Wildman–Crippen MR) is 87.1 cm³/mol. The van der Waals surface area contributed by atoms with Crippen molar-refractivity contribution in [1.29, 1.82) is 0 Å². The lowest BCUT2D eigenvalue weighted by molar-refractivity contribution is 0.0729. The van der Waals surface area contributed by atoms with Crippen LogP contribution in [0.3, 0.4) is 0 Å². The van der Waals surface area contributed by atoms with Crippen molar-refractivity contribution in [2.45, 2.75) is 20.3 Å². The van der Waals surface area contributed by atoms with Crippen LogP contribution in [0.5, 0.6) is 0 Å². The largest absolute Gasteiger partial charge is 0.381 e. The number of benzene rings is 1. The maximum atomic E-state index is 13.1. The molecule has 5 nitrogen and oxygen atoms in total. The zero-order valence-corrected chi connectivity index (χ0v) is 13.9. The predicted octanol–water partition coefficient (Wildman–Crippen LogP) is 3.29. The molecule has 1 aliphatic heterocycles. The molecule has 1 atom stereocenters. The Kier molecular flexibility index (Phi) is 4.94. The summed E-state index contributed by atoms with van der Waals surface area (Å²) in [7, 11) is 0. The Morgan fingerprint density at radius 2 is 2.12 bits per heavy atom. The van der Waals surface area contributed by atoms with Crippen LogP contribution in [0.2, 0.25) is 0 Å². The molecule has 0 bridgehead atoms. The fraction of sp³-hybridized carbons (Fsp3) is 0.444. The van der Waals surface area contributed by atoms with E-state index in [1.165, 1.54) is 12.1 Å². The first-order valence-corrected chi connectivity index (χ1v) is 8.19. The van der Waals surface area contributed by atoms with E-state index < -0.39 is 0 Å². The summed E-state index contributed by atoms with van der Waals surface area (Å²) in [6.45, 7) is 6.38. The van der Waals surface area contributed by atoms with Gasteiger partial charge in [0.25, 0.3) is 5.91 Å². The van der Waals surface area contributed by atoms with Gasteiger partial charge in [0.15, 0.2) is 0 Å². The fourth-order valence-electron chi connectivity index (χ4n) is 2.98. The van der Waals surface area contributed by atoms with Crippen LogP contribution in [0.4, 0.5) is 4.39 Å². The highest BCUT2D eigenvalue weighted by Crippen LogP contribution is 2.27. The van der Waals surface area contributed by atoms with E-state index in [9.17, 15) is 9.18 Å². The van der Waals surface area contributed by atoms with Gasteiger partial charge in [-0.05, 0) is 44.5 Å². The molecule has 1 amide bonds. The van der Waals surface area contributed by atoms with Crippen molar-refractivity contribution in [3.8, 4) is 11.3 Å². The zero-order valence-electron chi connectivity index (χ0n) is 13.9. The van der Waals surface area contributed by atoms with Crippen LogP contribution in [-0.2, 0) is 4.74 Å². The molecule has 3 rings (SSSR count). The first-order valence-electron chi connectivity index (χ1n) is 8.19. The lowest BCUT2D eigenvalue weighted by Gasteiger charge is -2.23. The van der Waals surface area contributed by atoms with E-state index in [0.29, 0.717) is 48.2 Å². The highest BCUT2D eigenvalue weighted by atomic mass is 19.1. The highest BCUT2D eigenvalue weighted by Gasteiger charge is 2.28. The Hall–Kier alpha value is -2.21. The van der Waals surface area contributed by atoms with Crippen molar-refractivity contribution in [2.24, 2.45) is 5.92 Å². The minimum absolute atomic E-state index is 0.109. The molecular weight excluding hydrogens is 311 g/mol. The lowest BCUT2D eigenvalue weighted by atomic mass is 10.0. The number of aromatic nitrogens is 1. The fourth-order valence-corrected chi connectivity index (χ4v) is 2.98. The number of hydrogen-bond acceptors (Lipinski definition) is 4. The summed E-state index contributed by atoms with van der Waals surface area (Å²) in [5.74, 6) is 0.398. The quantitative estimate of drug-likeness (QED) is 0.843. The Morgan fingerprint density at radius 1 is 1.38 bits per heavy atom. The third-order valence-corrected chi connectivity index (χ3v) is 4.37. The van der Waals surface area contributed by atoms with Crippen LogP contribution < -0.4 is 0 Å². The Morgan fingerprint density at radius 3 is 2.75 bits per heavy atom. The maximum absolute atomic E-state index is 13.1. The lowest BCUT2D eigenvalue weighted by Crippen LogP contribution is -2.35. The highest BCUT2D eigenvalue weighted by molar-refractivity contribution is 6.00. The molecule has 0 spiro atoms. The molecule has 0 saturated carbocycles. The van der Waals surface area contributed by atoms with Crippen molar-refractivity contribution < 1.29 is 18.4 Å². The van der Waals surface area contributed by atoms with Crippen molar-refractivity contribution in [1.82, 2.24) is 10.1 Å². The van der Waals surface area contributed by atoms with E-state index in [1.807, 2.05) is 6.92 Å². The van der Waals surface area contributed by atoms with Crippen LogP contribution in [0.15, 0.2) is 28.8 Å². The molecule has 0 N–H and O–H groups in total. The topological polar surface area (TPSA) is 55.6 Å². The van der Waals surface area contributed by atoms with Crippen LogP contribution in [0, 0.1) is 18.7 Å². The molecule has 128 valence electrons. The first-order chi connectivity index (χ1) is 11.6. The third-order valence-electron chi connectivity index (χ3n) is 4.37. The van der Waals surface area contributed by atoms with E-state index in [4.69, 9.17) is 9.26 Å². The zero-order chi connectivity index (χ0) is 17.1. The molecule has 24 heavy (non-hydrogen) atoms. The van der Waals surface area contributed by atoms with Crippen molar-refractivity contribution >= 4 is 5.91 Å². The summed E-state index contributed by atoms with van der Waals surface area (Å²) in [5, 5.41) is 4.02. The van der Waals surface area contributed by atoms with E-state index in [1.54, 1.807) is 24.0 Å². The van der Waals surface area contributed by atoms with Gasteiger partial charge < -0.3 is 14.2 Å². The molecule has 1 fully saturated rings. The molecule has 0 unspecified atom stereocenters. The van der Waals surface area contributed by atoms with Gasteiger partial charge in [-0.25, -0.2) is 4.39 Å². The van der Waals surface area contributed by atoms with E-state index in [-0.39, 0.29) is 11.7 Å². The number of aryl methyl sites for hydroxylation is 1. The van der Waals surface area contributed by atoms with Crippen molar-refractivity contribution in [2.75, 3.05) is 26.3 Å². The number of ether oxygens (including phenoxy) is 1. The van der Waals surface area contributed by atoms with Crippen LogP contribution in [-0.4, -0.2) is 42.3 Å².